The second-order valence-corrected chi connectivity index (χ2v) is 5.81. The minimum absolute atomic E-state index is 0.607. The molecule has 1 heterocycles. The van der Waals surface area contributed by atoms with E-state index in [1.54, 1.807) is 7.05 Å². The zero-order valence-electron chi connectivity index (χ0n) is 13.1. The Morgan fingerprint density at radius 3 is 2.86 bits per heavy atom. The number of likely N-dealkylation sites (N-methyl/N-ethyl adjacent to an activating group) is 1. The van der Waals surface area contributed by atoms with E-state index >= 15 is 0 Å². The lowest BCUT2D eigenvalue weighted by Gasteiger charge is -2.33. The van der Waals surface area contributed by atoms with E-state index in [2.05, 4.69) is 34.5 Å². The summed E-state index contributed by atoms with van der Waals surface area (Å²) in [6.07, 6.45) is 4.48. The first-order chi connectivity index (χ1) is 10.1. The largest absolute Gasteiger partial charge is 0.480 e. The minimum Gasteiger partial charge on any atom is -0.480 e. The van der Waals surface area contributed by atoms with Crippen LogP contribution in [0.2, 0.25) is 0 Å². The Balaban J connectivity index is 1.97. The van der Waals surface area contributed by atoms with E-state index in [4.69, 9.17) is 0 Å². The molecule has 0 spiro atoms. The smallest absolute Gasteiger partial charge is 0.323 e. The predicted octanol–water partition coefficient (Wildman–Crippen LogP) is 2.67. The van der Waals surface area contributed by atoms with Crippen LogP contribution >= 0.6 is 0 Å². The van der Waals surface area contributed by atoms with Crippen molar-refractivity contribution in [2.75, 3.05) is 25.0 Å². The van der Waals surface area contributed by atoms with Crippen LogP contribution in [0.15, 0.2) is 24.3 Å². The number of aryl methyl sites for hydroxylation is 1. The first-order valence-corrected chi connectivity index (χ1v) is 7.88. The summed E-state index contributed by atoms with van der Waals surface area (Å²) >= 11 is 0. The minimum atomic E-state index is -0.782. The molecule has 0 fully saturated rings. The second-order valence-electron chi connectivity index (χ2n) is 5.81. The van der Waals surface area contributed by atoms with Gasteiger partial charge in [0.2, 0.25) is 0 Å². The fourth-order valence-electron chi connectivity index (χ4n) is 3.26. The molecule has 1 unspecified atom stereocenters. The fraction of sp³-hybridized carbons (Fsp3) is 0.588. The predicted molar refractivity (Wildman–Crippen MR) is 85.9 cm³/mol. The van der Waals surface area contributed by atoms with Gasteiger partial charge in [-0.1, -0.05) is 25.1 Å². The highest BCUT2D eigenvalue weighted by molar-refractivity contribution is 5.78. The standard InChI is InChI=1S/C17H26N2O2/c1-3-17(18-2,16(20)21)11-7-13-19-12-6-9-14-8-4-5-10-15(14)19/h4-5,8,10,18H,3,6-7,9,11-13H2,1-2H3,(H,20,21). The Bertz CT molecular complexity index is 483. The summed E-state index contributed by atoms with van der Waals surface area (Å²) in [5, 5.41) is 12.4. The monoisotopic (exact) mass is 290 g/mol. The van der Waals surface area contributed by atoms with Crippen LogP contribution in [-0.4, -0.2) is 36.8 Å². The third-order valence-corrected chi connectivity index (χ3v) is 4.73. The van der Waals surface area contributed by atoms with E-state index in [1.165, 1.54) is 17.7 Å². The van der Waals surface area contributed by atoms with Gasteiger partial charge in [0.1, 0.15) is 5.54 Å². The van der Waals surface area contributed by atoms with Crippen molar-refractivity contribution in [1.29, 1.82) is 0 Å². The van der Waals surface area contributed by atoms with Gasteiger partial charge in [0.05, 0.1) is 0 Å². The van der Waals surface area contributed by atoms with Gasteiger partial charge < -0.3 is 15.3 Å². The molecule has 0 saturated carbocycles. The van der Waals surface area contributed by atoms with E-state index in [9.17, 15) is 9.90 Å². The lowest BCUT2D eigenvalue weighted by atomic mass is 9.90. The summed E-state index contributed by atoms with van der Waals surface area (Å²) < 4.78 is 0. The second kappa shape index (κ2) is 6.94. The number of nitrogens with zero attached hydrogens (tertiary/aromatic N) is 1. The molecule has 21 heavy (non-hydrogen) atoms. The van der Waals surface area contributed by atoms with Crippen molar-refractivity contribution >= 4 is 11.7 Å². The Kier molecular flexibility index (Phi) is 5.23. The Morgan fingerprint density at radius 1 is 1.43 bits per heavy atom. The highest BCUT2D eigenvalue weighted by Crippen LogP contribution is 2.27. The molecule has 0 bridgehead atoms. The number of anilines is 1. The molecule has 2 rings (SSSR count). The molecule has 1 aliphatic rings. The van der Waals surface area contributed by atoms with Crippen LogP contribution in [0.1, 0.15) is 38.2 Å². The fourth-order valence-corrected chi connectivity index (χ4v) is 3.26. The number of nitrogens with one attached hydrogen (secondary N) is 1. The van der Waals surface area contributed by atoms with Gasteiger partial charge >= 0.3 is 5.97 Å². The number of carboxylic acid groups (broad SMARTS) is 1. The Morgan fingerprint density at radius 2 is 2.19 bits per heavy atom. The molecule has 4 heteroatoms. The number of benzene rings is 1. The third-order valence-electron chi connectivity index (χ3n) is 4.73. The van der Waals surface area contributed by atoms with E-state index in [0.29, 0.717) is 12.8 Å². The van der Waals surface area contributed by atoms with Gasteiger partial charge in [-0.3, -0.25) is 4.79 Å². The van der Waals surface area contributed by atoms with E-state index in [-0.39, 0.29) is 0 Å². The van der Waals surface area contributed by atoms with Crippen molar-refractivity contribution in [3.63, 3.8) is 0 Å². The Labute approximate surface area is 127 Å². The van der Waals surface area contributed by atoms with E-state index in [1.807, 2.05) is 6.92 Å². The molecule has 4 nitrogen and oxygen atoms in total. The van der Waals surface area contributed by atoms with Gasteiger partial charge in [-0.05, 0) is 50.8 Å². The van der Waals surface area contributed by atoms with Gasteiger partial charge in [0, 0.05) is 18.8 Å². The normalized spacial score (nSPS) is 17.1. The number of rotatable bonds is 7. The van der Waals surface area contributed by atoms with Crippen molar-refractivity contribution in [3.05, 3.63) is 29.8 Å². The van der Waals surface area contributed by atoms with Crippen LogP contribution in [0.5, 0.6) is 0 Å². The van der Waals surface area contributed by atoms with Crippen LogP contribution in [-0.2, 0) is 11.2 Å². The van der Waals surface area contributed by atoms with Crippen molar-refractivity contribution in [3.8, 4) is 0 Å². The molecule has 0 saturated heterocycles. The van der Waals surface area contributed by atoms with Crippen molar-refractivity contribution < 1.29 is 9.90 Å². The molecular formula is C17H26N2O2. The number of hydrogen-bond acceptors (Lipinski definition) is 3. The van der Waals surface area contributed by atoms with Crippen LogP contribution in [0.25, 0.3) is 0 Å². The molecule has 1 aromatic carbocycles. The highest BCUT2D eigenvalue weighted by atomic mass is 16.4. The first-order valence-electron chi connectivity index (χ1n) is 7.88. The lowest BCUT2D eigenvalue weighted by molar-refractivity contribution is -0.145. The summed E-state index contributed by atoms with van der Waals surface area (Å²) in [4.78, 5) is 13.9. The maximum absolute atomic E-state index is 11.5. The van der Waals surface area contributed by atoms with Crippen molar-refractivity contribution in [1.82, 2.24) is 5.32 Å². The summed E-state index contributed by atoms with van der Waals surface area (Å²) in [6.45, 7) is 3.93. The van der Waals surface area contributed by atoms with Gasteiger partial charge in [0.15, 0.2) is 0 Å². The van der Waals surface area contributed by atoms with Crippen LogP contribution in [0, 0.1) is 0 Å². The number of carbonyl (C=O) groups is 1. The third kappa shape index (κ3) is 3.38. The zero-order valence-corrected chi connectivity index (χ0v) is 13.1. The number of para-hydroxylation sites is 1. The summed E-state index contributed by atoms with van der Waals surface area (Å²) in [6, 6.07) is 8.55. The molecule has 1 atom stereocenters. The summed E-state index contributed by atoms with van der Waals surface area (Å²) in [7, 11) is 1.74. The topological polar surface area (TPSA) is 52.6 Å². The molecular weight excluding hydrogens is 264 g/mol. The van der Waals surface area contributed by atoms with E-state index < -0.39 is 11.5 Å². The summed E-state index contributed by atoms with van der Waals surface area (Å²) in [5.41, 5.74) is 1.96. The maximum Gasteiger partial charge on any atom is 0.323 e. The SMILES string of the molecule is CCC(CCCN1CCCc2ccccc21)(NC)C(=O)O. The van der Waals surface area contributed by atoms with Crippen molar-refractivity contribution in [2.45, 2.75) is 44.6 Å². The van der Waals surface area contributed by atoms with Gasteiger partial charge in [-0.25, -0.2) is 0 Å². The quantitative estimate of drug-likeness (QED) is 0.810. The van der Waals surface area contributed by atoms with Crippen LogP contribution in [0.3, 0.4) is 0 Å². The molecule has 2 N–H and O–H groups in total. The highest BCUT2D eigenvalue weighted by Gasteiger charge is 2.34. The Hall–Kier alpha value is -1.55. The molecule has 1 aromatic rings. The molecule has 0 aliphatic carbocycles. The van der Waals surface area contributed by atoms with Crippen LogP contribution < -0.4 is 10.2 Å². The molecule has 0 radical (unpaired) electrons. The average Bonchev–Trinajstić information content (AvgIpc) is 2.52. The van der Waals surface area contributed by atoms with Crippen LogP contribution in [0.4, 0.5) is 5.69 Å². The summed E-state index contributed by atoms with van der Waals surface area (Å²) in [5.74, 6) is -0.744. The van der Waals surface area contributed by atoms with Gasteiger partial charge in [-0.2, -0.15) is 0 Å². The first kappa shape index (κ1) is 15.8. The molecule has 0 aromatic heterocycles. The number of carboxylic acids is 1. The average molecular weight is 290 g/mol. The van der Waals surface area contributed by atoms with Gasteiger partial charge in [0.25, 0.3) is 0 Å². The lowest BCUT2D eigenvalue weighted by Crippen LogP contribution is -2.50. The van der Waals surface area contributed by atoms with E-state index in [0.717, 1.165) is 25.9 Å². The number of aliphatic carboxylic acids is 1. The number of hydrogen-bond donors (Lipinski definition) is 2. The maximum atomic E-state index is 11.5. The van der Waals surface area contributed by atoms with Crippen molar-refractivity contribution in [2.24, 2.45) is 0 Å². The number of fused-ring (bicyclic) bond motifs is 1. The molecule has 0 amide bonds. The molecule has 1 aliphatic heterocycles. The van der Waals surface area contributed by atoms with Gasteiger partial charge in [-0.15, -0.1) is 0 Å². The molecule has 116 valence electrons. The zero-order chi connectivity index (χ0) is 15.3.